The molecule has 0 atom stereocenters. The number of rotatable bonds is 11. The Morgan fingerprint density at radius 3 is 2.14 bits per heavy atom. The number of methoxy groups -OCH3 is 1. The molecule has 0 radical (unpaired) electrons. The first-order chi connectivity index (χ1) is 16.9. The van der Waals surface area contributed by atoms with Crippen LogP contribution < -0.4 is 0 Å². The highest BCUT2D eigenvalue weighted by Crippen LogP contribution is 2.39. The van der Waals surface area contributed by atoms with E-state index < -0.39 is 5.41 Å². The molecule has 182 valence electrons. The SMILES string of the molecule is C#C/C=C(Cl)\C(=C/COC1CN(C(C)(C)CCC(C#N)(c2ccccc2)c2ccccc2)C1)OC. The Bertz CT molecular complexity index is 1070. The summed E-state index contributed by atoms with van der Waals surface area (Å²) in [5.74, 6) is 2.90. The molecule has 0 amide bonds. The van der Waals surface area contributed by atoms with Crippen molar-refractivity contribution in [3.8, 4) is 18.4 Å². The second-order valence-electron chi connectivity index (χ2n) is 9.35. The molecule has 0 unspecified atom stereocenters. The maximum absolute atomic E-state index is 10.4. The molecule has 35 heavy (non-hydrogen) atoms. The largest absolute Gasteiger partial charge is 0.495 e. The molecule has 0 saturated carbocycles. The zero-order valence-corrected chi connectivity index (χ0v) is 21.5. The molecule has 5 heteroatoms. The molecule has 0 N–H and O–H groups in total. The Morgan fingerprint density at radius 1 is 1.09 bits per heavy atom. The van der Waals surface area contributed by atoms with Crippen molar-refractivity contribution in [2.75, 3.05) is 26.8 Å². The molecule has 0 spiro atoms. The lowest BCUT2D eigenvalue weighted by molar-refractivity contribution is -0.0887. The summed E-state index contributed by atoms with van der Waals surface area (Å²) in [4.78, 5) is 2.42. The van der Waals surface area contributed by atoms with E-state index in [1.165, 1.54) is 6.08 Å². The average Bonchev–Trinajstić information content (AvgIpc) is 2.85. The number of likely N-dealkylation sites (tertiary alicyclic amines) is 1. The Morgan fingerprint density at radius 2 is 1.66 bits per heavy atom. The zero-order valence-electron chi connectivity index (χ0n) is 20.7. The molecule has 4 nitrogen and oxygen atoms in total. The van der Waals surface area contributed by atoms with Gasteiger partial charge < -0.3 is 9.47 Å². The van der Waals surface area contributed by atoms with Gasteiger partial charge in [-0.2, -0.15) is 5.26 Å². The fraction of sp³-hybridized carbons (Fsp3) is 0.367. The quantitative estimate of drug-likeness (QED) is 0.220. The fourth-order valence-electron chi connectivity index (χ4n) is 4.46. The number of benzene rings is 2. The predicted molar refractivity (Wildman–Crippen MR) is 142 cm³/mol. The van der Waals surface area contributed by atoms with Crippen LogP contribution in [0.5, 0.6) is 0 Å². The van der Waals surface area contributed by atoms with Gasteiger partial charge in [-0.15, -0.1) is 6.42 Å². The summed E-state index contributed by atoms with van der Waals surface area (Å²) < 4.78 is 11.3. The number of terminal acetylenes is 1. The van der Waals surface area contributed by atoms with Crippen molar-refractivity contribution in [1.29, 1.82) is 5.26 Å². The minimum absolute atomic E-state index is 0.0715. The Hall–Kier alpha value is -3.02. The highest BCUT2D eigenvalue weighted by Gasteiger charge is 2.41. The van der Waals surface area contributed by atoms with E-state index in [0.29, 0.717) is 17.4 Å². The summed E-state index contributed by atoms with van der Waals surface area (Å²) in [6.45, 7) is 6.57. The maximum atomic E-state index is 10.4. The van der Waals surface area contributed by atoms with Crippen LogP contribution in [0, 0.1) is 23.7 Å². The van der Waals surface area contributed by atoms with Crippen molar-refractivity contribution in [2.24, 2.45) is 0 Å². The fourth-order valence-corrected chi connectivity index (χ4v) is 4.67. The van der Waals surface area contributed by atoms with Crippen molar-refractivity contribution in [1.82, 2.24) is 4.90 Å². The summed E-state index contributed by atoms with van der Waals surface area (Å²) >= 11 is 6.10. The lowest BCUT2D eigenvalue weighted by atomic mass is 9.70. The Balaban J connectivity index is 1.63. The normalized spacial score (nSPS) is 15.7. The molecule has 0 aromatic heterocycles. The monoisotopic (exact) mass is 488 g/mol. The van der Waals surface area contributed by atoms with Gasteiger partial charge in [-0.3, -0.25) is 4.90 Å². The van der Waals surface area contributed by atoms with E-state index in [9.17, 15) is 5.26 Å². The topological polar surface area (TPSA) is 45.5 Å². The maximum Gasteiger partial charge on any atom is 0.136 e. The van der Waals surface area contributed by atoms with Gasteiger partial charge in [-0.1, -0.05) is 78.2 Å². The van der Waals surface area contributed by atoms with Crippen LogP contribution in [-0.4, -0.2) is 43.3 Å². The van der Waals surface area contributed by atoms with Crippen LogP contribution >= 0.6 is 11.6 Å². The number of ether oxygens (including phenoxy) is 2. The Labute approximate surface area is 214 Å². The second-order valence-corrected chi connectivity index (χ2v) is 9.76. The van der Waals surface area contributed by atoms with Gasteiger partial charge in [0.05, 0.1) is 30.9 Å². The van der Waals surface area contributed by atoms with Crippen LogP contribution in [0.3, 0.4) is 0 Å². The van der Waals surface area contributed by atoms with Crippen LogP contribution in [-0.2, 0) is 14.9 Å². The summed E-state index contributed by atoms with van der Waals surface area (Å²) in [6.07, 6.45) is 10.3. The van der Waals surface area contributed by atoms with Crippen LogP contribution in [0.4, 0.5) is 0 Å². The van der Waals surface area contributed by atoms with E-state index in [1.807, 2.05) is 36.4 Å². The number of halogens is 1. The zero-order chi connectivity index (χ0) is 25.3. The van der Waals surface area contributed by atoms with E-state index >= 15 is 0 Å². The van der Waals surface area contributed by atoms with Crippen LogP contribution in [0.2, 0.25) is 0 Å². The highest BCUT2D eigenvalue weighted by molar-refractivity contribution is 6.31. The van der Waals surface area contributed by atoms with Gasteiger partial charge in [0.1, 0.15) is 11.2 Å². The third-order valence-corrected chi connectivity index (χ3v) is 7.10. The summed E-state index contributed by atoms with van der Waals surface area (Å²) in [5.41, 5.74) is 1.31. The first-order valence-electron chi connectivity index (χ1n) is 11.8. The predicted octanol–water partition coefficient (Wildman–Crippen LogP) is 6.04. The molecule has 3 rings (SSSR count). The highest BCUT2D eigenvalue weighted by atomic mass is 35.5. The van der Waals surface area contributed by atoms with E-state index in [2.05, 4.69) is 55.0 Å². The van der Waals surface area contributed by atoms with E-state index in [1.54, 1.807) is 13.2 Å². The molecule has 1 saturated heterocycles. The summed E-state index contributed by atoms with van der Waals surface area (Å²) in [5, 5.41) is 10.8. The Kier molecular flexibility index (Phi) is 9.19. The number of nitriles is 1. The minimum atomic E-state index is -0.687. The molecular weight excluding hydrogens is 456 g/mol. The van der Waals surface area contributed by atoms with E-state index in [0.717, 1.165) is 37.1 Å². The van der Waals surface area contributed by atoms with Gasteiger partial charge in [0.2, 0.25) is 0 Å². The van der Waals surface area contributed by atoms with E-state index in [-0.39, 0.29) is 11.6 Å². The van der Waals surface area contributed by atoms with Crippen molar-refractivity contribution in [2.45, 2.75) is 43.7 Å². The second kappa shape index (κ2) is 12.1. The molecule has 2 aromatic carbocycles. The molecule has 0 aliphatic carbocycles. The van der Waals surface area contributed by atoms with Gasteiger partial charge in [-0.25, -0.2) is 0 Å². The molecule has 1 aliphatic heterocycles. The standard InChI is InChI=1S/C30H33ClN2O2/c1-5-12-27(31)28(34-4)17-20-35-26-21-33(22-26)29(2,3)18-19-30(23-32,24-13-8-6-9-14-24)25-15-10-7-11-16-25/h1,6-17,26H,18-22H2,2-4H3/b27-12+,28-17+. The summed E-state index contributed by atoms with van der Waals surface area (Å²) in [7, 11) is 1.55. The third-order valence-electron chi connectivity index (χ3n) is 6.81. The third kappa shape index (κ3) is 6.36. The molecule has 2 aromatic rings. The molecule has 1 fully saturated rings. The van der Waals surface area contributed by atoms with Gasteiger partial charge in [0.25, 0.3) is 0 Å². The van der Waals surface area contributed by atoms with Gasteiger partial charge in [0.15, 0.2) is 0 Å². The lowest BCUT2D eigenvalue weighted by Gasteiger charge is -2.49. The van der Waals surface area contributed by atoms with Gasteiger partial charge in [0, 0.05) is 24.7 Å². The molecule has 1 aliphatic rings. The average molecular weight is 489 g/mol. The minimum Gasteiger partial charge on any atom is -0.495 e. The first kappa shape index (κ1) is 26.6. The van der Waals surface area contributed by atoms with Crippen molar-refractivity contribution in [3.63, 3.8) is 0 Å². The van der Waals surface area contributed by atoms with Crippen molar-refractivity contribution in [3.05, 3.63) is 94.7 Å². The summed E-state index contributed by atoms with van der Waals surface area (Å²) in [6, 6.07) is 22.9. The van der Waals surface area contributed by atoms with Crippen LogP contribution in [0.25, 0.3) is 0 Å². The van der Waals surface area contributed by atoms with Crippen LogP contribution in [0.1, 0.15) is 37.8 Å². The smallest absolute Gasteiger partial charge is 0.136 e. The number of allylic oxidation sites excluding steroid dienone is 2. The number of hydrogen-bond acceptors (Lipinski definition) is 4. The van der Waals surface area contributed by atoms with Gasteiger partial charge in [-0.05, 0) is 43.9 Å². The van der Waals surface area contributed by atoms with Crippen molar-refractivity contribution >= 4 is 11.6 Å². The number of hydrogen-bond donors (Lipinski definition) is 0. The van der Waals surface area contributed by atoms with Crippen LogP contribution in [0.15, 0.2) is 83.6 Å². The lowest BCUT2D eigenvalue weighted by Crippen LogP contribution is -2.61. The molecular formula is C30H33ClN2O2. The number of nitrogens with zero attached hydrogens (tertiary/aromatic N) is 2. The van der Waals surface area contributed by atoms with Gasteiger partial charge >= 0.3 is 0 Å². The molecule has 1 heterocycles. The molecule has 0 bridgehead atoms. The first-order valence-corrected chi connectivity index (χ1v) is 12.2. The van der Waals surface area contributed by atoms with E-state index in [4.69, 9.17) is 27.5 Å². The van der Waals surface area contributed by atoms with Crippen molar-refractivity contribution < 1.29 is 9.47 Å².